The third-order valence-corrected chi connectivity index (χ3v) is 4.82. The number of hydrogen-bond acceptors (Lipinski definition) is 4. The Labute approximate surface area is 170 Å². The van der Waals surface area contributed by atoms with E-state index in [9.17, 15) is 9.59 Å². The van der Waals surface area contributed by atoms with Gasteiger partial charge in [-0.05, 0) is 44.0 Å². The molecule has 8 heteroatoms. The van der Waals surface area contributed by atoms with Crippen LogP contribution in [0.1, 0.15) is 53.2 Å². The fourth-order valence-electron chi connectivity index (χ4n) is 2.48. The van der Waals surface area contributed by atoms with Crippen molar-refractivity contribution < 1.29 is 14.0 Å². The molecule has 0 aliphatic carbocycles. The molecule has 0 radical (unpaired) electrons. The van der Waals surface area contributed by atoms with Crippen LogP contribution in [0.5, 0.6) is 0 Å². The van der Waals surface area contributed by atoms with Crippen molar-refractivity contribution in [1.82, 2.24) is 5.32 Å². The lowest BCUT2D eigenvalue weighted by atomic mass is 9.94. The van der Waals surface area contributed by atoms with E-state index < -0.39 is 5.54 Å². The van der Waals surface area contributed by atoms with Crippen molar-refractivity contribution in [2.45, 2.75) is 39.2 Å². The van der Waals surface area contributed by atoms with Crippen molar-refractivity contribution in [2.75, 3.05) is 11.9 Å². The molecular formula is C19H25Cl2N3O3. The first-order chi connectivity index (χ1) is 12.3. The SMILES string of the molecule is CCC(N)(CC)CNC(=O)c1ccc(Cl)cc1NC(=O)c1ccoc1C.Cl. The van der Waals surface area contributed by atoms with Crippen molar-refractivity contribution in [1.29, 1.82) is 0 Å². The summed E-state index contributed by atoms with van der Waals surface area (Å²) in [7, 11) is 0. The number of carbonyl (C=O) groups is 2. The first-order valence-corrected chi connectivity index (χ1v) is 8.89. The van der Waals surface area contributed by atoms with Crippen LogP contribution < -0.4 is 16.4 Å². The summed E-state index contributed by atoms with van der Waals surface area (Å²) in [5.74, 6) is -0.199. The lowest BCUT2D eigenvalue weighted by molar-refractivity contribution is 0.0943. The highest BCUT2D eigenvalue weighted by molar-refractivity contribution is 6.31. The van der Waals surface area contributed by atoms with Gasteiger partial charge in [-0.25, -0.2) is 0 Å². The maximum absolute atomic E-state index is 12.6. The van der Waals surface area contributed by atoms with Gasteiger partial charge in [0.2, 0.25) is 0 Å². The van der Waals surface area contributed by atoms with Gasteiger partial charge in [-0.1, -0.05) is 25.4 Å². The van der Waals surface area contributed by atoms with Crippen LogP contribution in [0.25, 0.3) is 0 Å². The van der Waals surface area contributed by atoms with Crippen LogP contribution in [0.2, 0.25) is 5.02 Å². The van der Waals surface area contributed by atoms with Crippen molar-refractivity contribution in [2.24, 2.45) is 5.73 Å². The van der Waals surface area contributed by atoms with Crippen molar-refractivity contribution in [3.63, 3.8) is 0 Å². The second-order valence-electron chi connectivity index (χ2n) is 6.29. The Hall–Kier alpha value is -2.02. The average Bonchev–Trinajstić information content (AvgIpc) is 3.05. The Morgan fingerprint density at radius 1 is 1.15 bits per heavy atom. The Bertz CT molecular complexity index is 801. The molecule has 2 amide bonds. The number of carbonyl (C=O) groups excluding carboxylic acids is 2. The summed E-state index contributed by atoms with van der Waals surface area (Å²) in [5, 5.41) is 5.98. The van der Waals surface area contributed by atoms with Crippen LogP contribution in [0.15, 0.2) is 34.9 Å². The lowest BCUT2D eigenvalue weighted by Crippen LogP contribution is -2.49. The third kappa shape index (κ3) is 5.73. The van der Waals surface area contributed by atoms with E-state index in [0.717, 1.165) is 12.8 Å². The van der Waals surface area contributed by atoms with Crippen molar-refractivity contribution in [3.05, 3.63) is 52.4 Å². The van der Waals surface area contributed by atoms with Gasteiger partial charge in [-0.15, -0.1) is 12.4 Å². The van der Waals surface area contributed by atoms with Gasteiger partial charge in [0, 0.05) is 17.1 Å². The van der Waals surface area contributed by atoms with Gasteiger partial charge < -0.3 is 20.8 Å². The Kier molecular flexibility index (Phi) is 8.34. The van der Waals surface area contributed by atoms with E-state index in [-0.39, 0.29) is 24.2 Å². The van der Waals surface area contributed by atoms with Gasteiger partial charge >= 0.3 is 0 Å². The molecule has 1 aromatic carbocycles. The molecule has 0 unspecified atom stereocenters. The molecule has 2 aromatic rings. The van der Waals surface area contributed by atoms with E-state index in [1.165, 1.54) is 6.26 Å². The fourth-order valence-corrected chi connectivity index (χ4v) is 2.65. The highest BCUT2D eigenvalue weighted by Gasteiger charge is 2.23. The molecule has 0 saturated carbocycles. The van der Waals surface area contributed by atoms with E-state index in [0.29, 0.717) is 34.1 Å². The quantitative estimate of drug-likeness (QED) is 0.634. The smallest absolute Gasteiger partial charge is 0.259 e. The number of halogens is 2. The normalized spacial score (nSPS) is 10.9. The highest BCUT2D eigenvalue weighted by atomic mass is 35.5. The maximum atomic E-state index is 12.6. The predicted octanol–water partition coefficient (Wildman–Crippen LogP) is 4.16. The molecule has 0 saturated heterocycles. The Balaban J connectivity index is 0.00000364. The molecule has 0 fully saturated rings. The summed E-state index contributed by atoms with van der Waals surface area (Å²) in [6, 6.07) is 6.29. The number of benzene rings is 1. The molecule has 2 rings (SSSR count). The van der Waals surface area contributed by atoms with E-state index >= 15 is 0 Å². The molecule has 0 atom stereocenters. The van der Waals surface area contributed by atoms with Crippen LogP contribution in [0.4, 0.5) is 5.69 Å². The van der Waals surface area contributed by atoms with Gasteiger partial charge in [0.1, 0.15) is 5.76 Å². The Morgan fingerprint density at radius 2 is 1.81 bits per heavy atom. The monoisotopic (exact) mass is 413 g/mol. The van der Waals surface area contributed by atoms with Gasteiger partial charge in [-0.3, -0.25) is 9.59 Å². The minimum absolute atomic E-state index is 0. The number of amides is 2. The van der Waals surface area contributed by atoms with Crippen LogP contribution in [-0.2, 0) is 0 Å². The molecule has 0 bridgehead atoms. The second-order valence-corrected chi connectivity index (χ2v) is 6.72. The third-order valence-electron chi connectivity index (χ3n) is 4.59. The molecule has 6 nitrogen and oxygen atoms in total. The molecule has 0 spiro atoms. The topological polar surface area (TPSA) is 97.4 Å². The molecule has 0 aliphatic rings. The summed E-state index contributed by atoms with van der Waals surface area (Å²) in [6.07, 6.45) is 2.92. The number of rotatable bonds is 7. The number of nitrogens with two attached hydrogens (primary N) is 1. The summed E-state index contributed by atoms with van der Waals surface area (Å²) < 4.78 is 5.15. The molecule has 1 heterocycles. The zero-order valence-electron chi connectivity index (χ0n) is 15.6. The maximum Gasteiger partial charge on any atom is 0.259 e. The van der Waals surface area contributed by atoms with Gasteiger partial charge in [0.25, 0.3) is 11.8 Å². The zero-order chi connectivity index (χ0) is 19.3. The van der Waals surface area contributed by atoms with Gasteiger partial charge in [-0.2, -0.15) is 0 Å². The van der Waals surface area contributed by atoms with Crippen LogP contribution in [0.3, 0.4) is 0 Å². The number of hydrogen-bond donors (Lipinski definition) is 3. The van der Waals surface area contributed by atoms with Crippen molar-refractivity contribution in [3.8, 4) is 0 Å². The molecule has 0 aliphatic heterocycles. The fraction of sp³-hybridized carbons (Fsp3) is 0.368. The second kappa shape index (κ2) is 9.78. The molecule has 27 heavy (non-hydrogen) atoms. The van der Waals surface area contributed by atoms with Crippen LogP contribution >= 0.6 is 24.0 Å². The van der Waals surface area contributed by atoms with Gasteiger partial charge in [0.05, 0.1) is 23.1 Å². The minimum Gasteiger partial charge on any atom is -0.469 e. The number of anilines is 1. The summed E-state index contributed by atoms with van der Waals surface area (Å²) >= 11 is 6.03. The number of nitrogens with one attached hydrogen (secondary N) is 2. The lowest BCUT2D eigenvalue weighted by Gasteiger charge is -2.27. The van der Waals surface area contributed by atoms with E-state index in [2.05, 4.69) is 10.6 Å². The number of aryl methyl sites for hydroxylation is 1. The number of furan rings is 1. The van der Waals surface area contributed by atoms with Gasteiger partial charge in [0.15, 0.2) is 0 Å². The Morgan fingerprint density at radius 3 is 2.37 bits per heavy atom. The standard InChI is InChI=1S/C19H24ClN3O3.ClH/c1-4-19(21,5-2)11-22-17(24)15-7-6-13(20)10-16(15)23-18(25)14-8-9-26-12(14)3;/h6-10H,4-5,11,21H2,1-3H3,(H,22,24)(H,23,25);1H. The summed E-state index contributed by atoms with van der Waals surface area (Å²) in [4.78, 5) is 25.0. The molecule has 148 valence electrons. The summed E-state index contributed by atoms with van der Waals surface area (Å²) in [6.45, 7) is 6.00. The molecular weight excluding hydrogens is 389 g/mol. The predicted molar refractivity (Wildman–Crippen MR) is 110 cm³/mol. The van der Waals surface area contributed by atoms with Crippen LogP contribution in [-0.4, -0.2) is 23.9 Å². The van der Waals surface area contributed by atoms with Crippen LogP contribution in [0, 0.1) is 6.92 Å². The first-order valence-electron chi connectivity index (χ1n) is 8.51. The molecule has 4 N–H and O–H groups in total. The summed E-state index contributed by atoms with van der Waals surface area (Å²) in [5.41, 5.74) is 6.82. The van der Waals surface area contributed by atoms with E-state index in [1.807, 2.05) is 13.8 Å². The highest BCUT2D eigenvalue weighted by Crippen LogP contribution is 2.23. The first kappa shape index (κ1) is 23.0. The van der Waals surface area contributed by atoms with E-state index in [4.69, 9.17) is 21.8 Å². The molecule has 1 aromatic heterocycles. The zero-order valence-corrected chi connectivity index (χ0v) is 17.2. The van der Waals surface area contributed by atoms with E-state index in [1.54, 1.807) is 31.2 Å². The minimum atomic E-state index is -0.459. The average molecular weight is 414 g/mol. The largest absolute Gasteiger partial charge is 0.469 e. The van der Waals surface area contributed by atoms with Crippen molar-refractivity contribution >= 4 is 41.5 Å².